The van der Waals surface area contributed by atoms with Crippen LogP contribution in [0.5, 0.6) is 0 Å². The maximum Gasteiger partial charge on any atom is 0.409 e. The molecule has 2 N–H and O–H groups in total. The van der Waals surface area contributed by atoms with Crippen molar-refractivity contribution in [2.45, 2.75) is 44.9 Å². The van der Waals surface area contributed by atoms with E-state index in [9.17, 15) is 14.4 Å². The van der Waals surface area contributed by atoms with Gasteiger partial charge in [-0.15, -0.1) is 0 Å². The number of hydrogen-bond donors (Lipinski definition) is 2. The highest BCUT2D eigenvalue weighted by Crippen LogP contribution is 2.31. The van der Waals surface area contributed by atoms with Gasteiger partial charge in [-0.2, -0.15) is 0 Å². The fourth-order valence-corrected chi connectivity index (χ4v) is 5.35. The Balaban J connectivity index is 1.57. The predicted octanol–water partition coefficient (Wildman–Crippen LogP) is 2.92. The summed E-state index contributed by atoms with van der Waals surface area (Å²) >= 11 is 0. The Morgan fingerprint density at radius 2 is 1.69 bits per heavy atom. The van der Waals surface area contributed by atoms with Gasteiger partial charge in [0.2, 0.25) is 5.91 Å². The predicted molar refractivity (Wildman–Crippen MR) is 136 cm³/mol. The molecule has 9 heteroatoms. The molecule has 1 aliphatic carbocycles. The molecule has 1 aromatic carbocycles. The van der Waals surface area contributed by atoms with E-state index in [0.717, 1.165) is 70.4 Å². The van der Waals surface area contributed by atoms with Crippen LogP contribution in [0.1, 0.15) is 55.3 Å². The number of nitrogens with zero attached hydrogens (tertiary/aromatic N) is 3. The summed E-state index contributed by atoms with van der Waals surface area (Å²) in [5.41, 5.74) is 2.18. The highest BCUT2D eigenvalue weighted by Gasteiger charge is 2.26. The molecule has 3 amide bonds. The first-order valence-corrected chi connectivity index (χ1v) is 13.1. The van der Waals surface area contributed by atoms with Gasteiger partial charge >= 0.3 is 6.09 Å². The molecule has 3 aliphatic rings. The normalized spacial score (nSPS) is 20.1. The van der Waals surface area contributed by atoms with Crippen LogP contribution < -0.4 is 15.5 Å². The Kier molecular flexibility index (Phi) is 8.84. The third kappa shape index (κ3) is 6.45. The zero-order chi connectivity index (χ0) is 24.6. The molecule has 2 heterocycles. The molecule has 35 heavy (non-hydrogen) atoms. The largest absolute Gasteiger partial charge is 0.453 e. The second-order valence-corrected chi connectivity index (χ2v) is 9.75. The van der Waals surface area contributed by atoms with Crippen LogP contribution in [0.25, 0.3) is 0 Å². The van der Waals surface area contributed by atoms with Crippen LogP contribution >= 0.6 is 0 Å². The molecule has 4 rings (SSSR count). The second kappa shape index (κ2) is 12.2. The third-order valence-electron chi connectivity index (χ3n) is 7.37. The van der Waals surface area contributed by atoms with E-state index >= 15 is 0 Å². The number of benzene rings is 1. The lowest BCUT2D eigenvalue weighted by atomic mass is 9.88. The van der Waals surface area contributed by atoms with Crippen molar-refractivity contribution in [3.05, 3.63) is 23.8 Å². The number of anilines is 2. The summed E-state index contributed by atoms with van der Waals surface area (Å²) in [5.74, 6) is 0.0632. The van der Waals surface area contributed by atoms with Crippen molar-refractivity contribution in [2.24, 2.45) is 5.92 Å². The second-order valence-electron chi connectivity index (χ2n) is 9.75. The first kappa shape index (κ1) is 25.3. The van der Waals surface area contributed by atoms with E-state index in [0.29, 0.717) is 37.4 Å². The van der Waals surface area contributed by atoms with Gasteiger partial charge in [0, 0.05) is 57.3 Å². The molecule has 0 bridgehead atoms. The minimum Gasteiger partial charge on any atom is -0.453 e. The number of methoxy groups -OCH3 is 1. The molecule has 1 saturated carbocycles. The summed E-state index contributed by atoms with van der Waals surface area (Å²) in [6.07, 6.45) is 6.60. The number of hydrogen-bond acceptors (Lipinski definition) is 6. The number of carbonyl (C=O) groups is 3. The Bertz CT molecular complexity index is 894. The first-order chi connectivity index (χ1) is 17.1. The van der Waals surface area contributed by atoms with Gasteiger partial charge in [-0.3, -0.25) is 9.59 Å². The number of ether oxygens (including phenoxy) is 1. The summed E-state index contributed by atoms with van der Waals surface area (Å²) in [6.45, 7) is 5.68. The highest BCUT2D eigenvalue weighted by molar-refractivity contribution is 6.00. The molecule has 1 aromatic rings. The van der Waals surface area contributed by atoms with Gasteiger partial charge in [-0.1, -0.05) is 19.3 Å². The van der Waals surface area contributed by atoms with Crippen LogP contribution in [-0.2, 0) is 9.53 Å². The van der Waals surface area contributed by atoms with E-state index in [1.165, 1.54) is 13.5 Å². The van der Waals surface area contributed by atoms with E-state index in [1.54, 1.807) is 4.90 Å². The monoisotopic (exact) mass is 485 g/mol. The third-order valence-corrected chi connectivity index (χ3v) is 7.37. The molecule has 0 unspecified atom stereocenters. The van der Waals surface area contributed by atoms with Gasteiger partial charge in [-0.05, 0) is 50.4 Å². The lowest BCUT2D eigenvalue weighted by Crippen LogP contribution is -2.36. The molecular formula is C26H39N5O4. The fraction of sp³-hybridized carbons (Fsp3) is 0.654. The topological polar surface area (TPSA) is 94.2 Å². The molecule has 2 saturated heterocycles. The standard InChI is InChI=1S/C26H39N5O4/c1-35-26(34)31-15-6-14-29(17-18-31)23-10-9-21(25(33)30-13-5-11-27-12-16-30)19-22(23)28-24(32)20-7-3-2-4-8-20/h9-10,19-20,27H,2-8,11-18H2,1H3,(H,28,32). The van der Waals surface area contributed by atoms with Gasteiger partial charge in [-0.25, -0.2) is 4.79 Å². The van der Waals surface area contributed by atoms with Crippen molar-refractivity contribution in [1.82, 2.24) is 15.1 Å². The Morgan fingerprint density at radius 1 is 0.886 bits per heavy atom. The van der Waals surface area contributed by atoms with Crippen molar-refractivity contribution < 1.29 is 19.1 Å². The fourth-order valence-electron chi connectivity index (χ4n) is 5.35. The number of amides is 3. The lowest BCUT2D eigenvalue weighted by Gasteiger charge is -2.28. The molecule has 192 valence electrons. The number of rotatable bonds is 4. The molecule has 3 fully saturated rings. The minimum absolute atomic E-state index is 0.00106. The smallest absolute Gasteiger partial charge is 0.409 e. The SMILES string of the molecule is COC(=O)N1CCCN(c2ccc(C(=O)N3CCCNCC3)cc2NC(=O)C2CCCCC2)CC1. The maximum absolute atomic E-state index is 13.3. The van der Waals surface area contributed by atoms with Gasteiger partial charge in [0.05, 0.1) is 18.5 Å². The molecule has 0 radical (unpaired) electrons. The Labute approximate surface area is 208 Å². The van der Waals surface area contributed by atoms with E-state index in [4.69, 9.17) is 4.74 Å². The summed E-state index contributed by atoms with van der Waals surface area (Å²) in [6, 6.07) is 5.67. The van der Waals surface area contributed by atoms with Crippen LogP contribution in [0.2, 0.25) is 0 Å². The van der Waals surface area contributed by atoms with Crippen molar-refractivity contribution in [2.75, 3.05) is 69.7 Å². The van der Waals surface area contributed by atoms with Crippen LogP contribution in [0, 0.1) is 5.92 Å². The van der Waals surface area contributed by atoms with Crippen molar-refractivity contribution >= 4 is 29.3 Å². The molecule has 2 aliphatic heterocycles. The molecule has 9 nitrogen and oxygen atoms in total. The minimum atomic E-state index is -0.314. The molecule has 0 atom stereocenters. The first-order valence-electron chi connectivity index (χ1n) is 13.1. The molecular weight excluding hydrogens is 446 g/mol. The van der Waals surface area contributed by atoms with E-state index in [2.05, 4.69) is 15.5 Å². The van der Waals surface area contributed by atoms with Gasteiger partial charge in [0.1, 0.15) is 0 Å². The Morgan fingerprint density at radius 3 is 2.49 bits per heavy atom. The Hall–Kier alpha value is -2.81. The van der Waals surface area contributed by atoms with E-state index in [1.807, 2.05) is 23.1 Å². The zero-order valence-electron chi connectivity index (χ0n) is 20.9. The van der Waals surface area contributed by atoms with Gasteiger partial charge in [0.25, 0.3) is 5.91 Å². The summed E-state index contributed by atoms with van der Waals surface area (Å²) in [5, 5.41) is 6.52. The van der Waals surface area contributed by atoms with Crippen LogP contribution in [0.3, 0.4) is 0 Å². The maximum atomic E-state index is 13.3. The highest BCUT2D eigenvalue weighted by atomic mass is 16.5. The van der Waals surface area contributed by atoms with Crippen LogP contribution in [0.15, 0.2) is 18.2 Å². The van der Waals surface area contributed by atoms with Gasteiger partial charge < -0.3 is 30.1 Å². The molecule has 0 aromatic heterocycles. The quantitative estimate of drug-likeness (QED) is 0.681. The van der Waals surface area contributed by atoms with Crippen molar-refractivity contribution in [1.29, 1.82) is 0 Å². The zero-order valence-corrected chi connectivity index (χ0v) is 20.9. The lowest BCUT2D eigenvalue weighted by molar-refractivity contribution is -0.120. The number of carbonyl (C=O) groups excluding carboxylic acids is 3. The average Bonchev–Trinajstić information content (AvgIpc) is 3.32. The van der Waals surface area contributed by atoms with Crippen LogP contribution in [-0.4, -0.2) is 87.2 Å². The van der Waals surface area contributed by atoms with Crippen molar-refractivity contribution in [3.8, 4) is 0 Å². The van der Waals surface area contributed by atoms with Crippen LogP contribution in [0.4, 0.5) is 16.2 Å². The van der Waals surface area contributed by atoms with Crippen molar-refractivity contribution in [3.63, 3.8) is 0 Å². The summed E-state index contributed by atoms with van der Waals surface area (Å²) in [7, 11) is 1.40. The molecule has 0 spiro atoms. The van der Waals surface area contributed by atoms with E-state index in [-0.39, 0.29) is 23.8 Å². The summed E-state index contributed by atoms with van der Waals surface area (Å²) < 4.78 is 4.90. The van der Waals surface area contributed by atoms with E-state index < -0.39 is 0 Å². The summed E-state index contributed by atoms with van der Waals surface area (Å²) in [4.78, 5) is 44.3. The van der Waals surface area contributed by atoms with Gasteiger partial charge in [0.15, 0.2) is 0 Å². The number of nitrogens with one attached hydrogen (secondary N) is 2. The average molecular weight is 486 g/mol.